The van der Waals surface area contributed by atoms with Crippen molar-refractivity contribution >= 4 is 22.5 Å². The van der Waals surface area contributed by atoms with E-state index in [4.69, 9.17) is 4.74 Å². The first kappa shape index (κ1) is 14.3. The van der Waals surface area contributed by atoms with Gasteiger partial charge in [0.05, 0.1) is 7.11 Å². The Bertz CT molecular complexity index is 630. The third kappa shape index (κ3) is 3.47. The molecule has 1 amide bonds. The van der Waals surface area contributed by atoms with Crippen molar-refractivity contribution in [1.29, 1.82) is 0 Å². The van der Waals surface area contributed by atoms with E-state index in [1.807, 2.05) is 45.0 Å². The second kappa shape index (κ2) is 5.49. The summed E-state index contributed by atoms with van der Waals surface area (Å²) in [6.45, 7) is 6.11. The van der Waals surface area contributed by atoms with Crippen LogP contribution in [0.1, 0.15) is 27.2 Å². The van der Waals surface area contributed by atoms with Crippen molar-refractivity contribution in [3.8, 4) is 5.75 Å². The number of aromatic nitrogens is 1. The van der Waals surface area contributed by atoms with Crippen LogP contribution in [0.25, 0.3) is 10.8 Å². The molecular weight excluding hydrogens is 252 g/mol. The van der Waals surface area contributed by atoms with Crippen LogP contribution in [0.3, 0.4) is 0 Å². The zero-order valence-corrected chi connectivity index (χ0v) is 12.4. The van der Waals surface area contributed by atoms with Crippen LogP contribution in [-0.4, -0.2) is 18.0 Å². The molecule has 1 heterocycles. The fourth-order valence-corrected chi connectivity index (χ4v) is 2.04. The Labute approximate surface area is 119 Å². The summed E-state index contributed by atoms with van der Waals surface area (Å²) in [5.41, 5.74) is -0.0438. The highest BCUT2D eigenvalue weighted by atomic mass is 16.5. The van der Waals surface area contributed by atoms with Crippen molar-refractivity contribution in [1.82, 2.24) is 4.98 Å². The van der Waals surface area contributed by atoms with Crippen LogP contribution in [0.4, 0.5) is 5.82 Å². The maximum Gasteiger partial charge on any atom is 0.226 e. The summed E-state index contributed by atoms with van der Waals surface area (Å²) < 4.78 is 5.20. The SMILES string of the molecule is COc1ccc2c(NC(=O)CC(C)(C)C)nccc2c1. The summed E-state index contributed by atoms with van der Waals surface area (Å²) in [6.07, 6.45) is 2.15. The Kier molecular flexibility index (Phi) is 3.93. The molecule has 106 valence electrons. The summed E-state index contributed by atoms with van der Waals surface area (Å²) in [6, 6.07) is 7.60. The molecule has 1 aromatic carbocycles. The van der Waals surface area contributed by atoms with E-state index in [9.17, 15) is 4.79 Å². The highest BCUT2D eigenvalue weighted by Crippen LogP contribution is 2.26. The van der Waals surface area contributed by atoms with Crippen LogP contribution in [-0.2, 0) is 4.79 Å². The van der Waals surface area contributed by atoms with Crippen molar-refractivity contribution in [3.05, 3.63) is 30.5 Å². The molecule has 0 spiro atoms. The summed E-state index contributed by atoms with van der Waals surface area (Å²) in [4.78, 5) is 16.3. The third-order valence-corrected chi connectivity index (χ3v) is 2.92. The monoisotopic (exact) mass is 272 g/mol. The number of hydrogen-bond acceptors (Lipinski definition) is 3. The average molecular weight is 272 g/mol. The predicted octanol–water partition coefficient (Wildman–Crippen LogP) is 3.62. The molecule has 20 heavy (non-hydrogen) atoms. The Morgan fingerprint density at radius 3 is 2.70 bits per heavy atom. The third-order valence-electron chi connectivity index (χ3n) is 2.92. The minimum absolute atomic E-state index is 0.0201. The first-order valence-corrected chi connectivity index (χ1v) is 6.62. The number of amides is 1. The van der Waals surface area contributed by atoms with Gasteiger partial charge >= 0.3 is 0 Å². The number of carbonyl (C=O) groups excluding carboxylic acids is 1. The van der Waals surface area contributed by atoms with E-state index >= 15 is 0 Å². The van der Waals surface area contributed by atoms with Crippen molar-refractivity contribution < 1.29 is 9.53 Å². The van der Waals surface area contributed by atoms with Gasteiger partial charge in [0, 0.05) is 18.0 Å². The number of ether oxygens (including phenoxy) is 1. The molecule has 0 fully saturated rings. The molecule has 0 aliphatic heterocycles. The van der Waals surface area contributed by atoms with Crippen LogP contribution in [0.5, 0.6) is 5.75 Å². The topological polar surface area (TPSA) is 51.2 Å². The molecule has 0 saturated heterocycles. The van der Waals surface area contributed by atoms with Gasteiger partial charge in [0.2, 0.25) is 5.91 Å². The van der Waals surface area contributed by atoms with Gasteiger partial charge in [-0.1, -0.05) is 20.8 Å². The molecule has 0 saturated carbocycles. The predicted molar refractivity (Wildman–Crippen MR) is 81.0 cm³/mol. The van der Waals surface area contributed by atoms with E-state index in [1.54, 1.807) is 13.3 Å². The molecule has 4 heteroatoms. The van der Waals surface area contributed by atoms with Gasteiger partial charge in [-0.05, 0) is 35.1 Å². The molecular formula is C16H20N2O2. The largest absolute Gasteiger partial charge is 0.497 e. The molecule has 1 aromatic heterocycles. The zero-order chi connectivity index (χ0) is 14.8. The van der Waals surface area contributed by atoms with Crippen LogP contribution in [0.15, 0.2) is 30.5 Å². The molecule has 1 N–H and O–H groups in total. The van der Waals surface area contributed by atoms with Crippen molar-refractivity contribution in [3.63, 3.8) is 0 Å². The number of benzene rings is 1. The number of pyridine rings is 1. The lowest BCUT2D eigenvalue weighted by Gasteiger charge is -2.17. The van der Waals surface area contributed by atoms with Gasteiger partial charge < -0.3 is 10.1 Å². The number of fused-ring (bicyclic) bond motifs is 1. The average Bonchev–Trinajstić information content (AvgIpc) is 2.36. The first-order valence-electron chi connectivity index (χ1n) is 6.62. The summed E-state index contributed by atoms with van der Waals surface area (Å²) in [7, 11) is 1.63. The standard InChI is InChI=1S/C16H20N2O2/c1-16(2,3)10-14(19)18-15-13-6-5-12(20-4)9-11(13)7-8-17-15/h5-9H,10H2,1-4H3,(H,17,18,19). The normalized spacial score (nSPS) is 11.4. The van der Waals surface area contributed by atoms with E-state index in [-0.39, 0.29) is 11.3 Å². The fourth-order valence-electron chi connectivity index (χ4n) is 2.04. The number of carbonyl (C=O) groups is 1. The zero-order valence-electron chi connectivity index (χ0n) is 12.4. The second-order valence-electron chi connectivity index (χ2n) is 6.03. The highest BCUT2D eigenvalue weighted by molar-refractivity contribution is 6.00. The van der Waals surface area contributed by atoms with Gasteiger partial charge in [-0.25, -0.2) is 4.98 Å². The van der Waals surface area contributed by atoms with E-state index in [0.29, 0.717) is 12.2 Å². The van der Waals surface area contributed by atoms with Crippen molar-refractivity contribution in [2.75, 3.05) is 12.4 Å². The minimum Gasteiger partial charge on any atom is -0.497 e. The lowest BCUT2D eigenvalue weighted by Crippen LogP contribution is -2.20. The van der Waals surface area contributed by atoms with E-state index in [1.165, 1.54) is 0 Å². The van der Waals surface area contributed by atoms with Crippen molar-refractivity contribution in [2.24, 2.45) is 5.41 Å². The lowest BCUT2D eigenvalue weighted by molar-refractivity contribution is -0.117. The molecule has 0 atom stereocenters. The summed E-state index contributed by atoms with van der Waals surface area (Å²) in [5, 5.41) is 4.79. The Morgan fingerprint density at radius 1 is 1.30 bits per heavy atom. The number of anilines is 1. The lowest BCUT2D eigenvalue weighted by atomic mass is 9.92. The van der Waals surface area contributed by atoms with Gasteiger partial charge in [0.15, 0.2) is 0 Å². The Morgan fingerprint density at radius 2 is 2.05 bits per heavy atom. The molecule has 0 unspecified atom stereocenters. The van der Waals surface area contributed by atoms with Gasteiger partial charge in [-0.15, -0.1) is 0 Å². The first-order chi connectivity index (χ1) is 9.39. The number of methoxy groups -OCH3 is 1. The number of nitrogens with one attached hydrogen (secondary N) is 1. The quantitative estimate of drug-likeness (QED) is 0.928. The minimum atomic E-state index is -0.0438. The summed E-state index contributed by atoms with van der Waals surface area (Å²) >= 11 is 0. The van der Waals surface area contributed by atoms with E-state index in [2.05, 4.69) is 10.3 Å². The fraction of sp³-hybridized carbons (Fsp3) is 0.375. The molecule has 0 aliphatic rings. The van der Waals surface area contributed by atoms with E-state index < -0.39 is 0 Å². The number of nitrogens with zero attached hydrogens (tertiary/aromatic N) is 1. The molecule has 2 rings (SSSR count). The van der Waals surface area contributed by atoms with E-state index in [0.717, 1.165) is 16.5 Å². The Balaban J connectivity index is 2.28. The molecule has 0 aliphatic carbocycles. The van der Waals surface area contributed by atoms with Gasteiger partial charge in [-0.2, -0.15) is 0 Å². The molecule has 2 aromatic rings. The van der Waals surface area contributed by atoms with Gasteiger partial charge in [0.1, 0.15) is 11.6 Å². The molecule has 0 radical (unpaired) electrons. The maximum absolute atomic E-state index is 12.0. The number of hydrogen-bond donors (Lipinski definition) is 1. The second-order valence-corrected chi connectivity index (χ2v) is 6.03. The molecule has 0 bridgehead atoms. The highest BCUT2D eigenvalue weighted by Gasteiger charge is 2.17. The molecule has 4 nitrogen and oxygen atoms in total. The number of rotatable bonds is 3. The van der Waals surface area contributed by atoms with Crippen LogP contribution in [0, 0.1) is 5.41 Å². The smallest absolute Gasteiger partial charge is 0.226 e. The summed E-state index contributed by atoms with van der Waals surface area (Å²) in [5.74, 6) is 1.36. The van der Waals surface area contributed by atoms with Gasteiger partial charge in [0.25, 0.3) is 0 Å². The van der Waals surface area contributed by atoms with Gasteiger partial charge in [-0.3, -0.25) is 4.79 Å². The van der Waals surface area contributed by atoms with Crippen molar-refractivity contribution in [2.45, 2.75) is 27.2 Å². The Hall–Kier alpha value is -2.10. The van der Waals surface area contributed by atoms with Crippen LogP contribution in [0.2, 0.25) is 0 Å². The van der Waals surface area contributed by atoms with Crippen LogP contribution >= 0.6 is 0 Å². The van der Waals surface area contributed by atoms with Crippen LogP contribution < -0.4 is 10.1 Å². The maximum atomic E-state index is 12.0.